The number of halogens is 1. The Morgan fingerprint density at radius 3 is 2.85 bits per heavy atom. The molecular formula is C18H17FN6O. The number of aromatic nitrogens is 5. The summed E-state index contributed by atoms with van der Waals surface area (Å²) in [6.45, 7) is 4.02. The molecule has 8 heteroatoms. The van der Waals surface area contributed by atoms with Crippen LogP contribution in [0.4, 0.5) is 4.39 Å². The van der Waals surface area contributed by atoms with Crippen LogP contribution in [-0.4, -0.2) is 42.4 Å². The summed E-state index contributed by atoms with van der Waals surface area (Å²) >= 11 is 0. The molecule has 3 aromatic heterocycles. The van der Waals surface area contributed by atoms with E-state index in [-0.39, 0.29) is 18.3 Å². The molecule has 0 saturated heterocycles. The highest BCUT2D eigenvalue weighted by atomic mass is 19.1. The molecule has 0 aliphatic heterocycles. The van der Waals surface area contributed by atoms with Gasteiger partial charge in [-0.15, -0.1) is 0 Å². The summed E-state index contributed by atoms with van der Waals surface area (Å²) in [6, 6.07) is 7.89. The number of imidazole rings is 1. The molecule has 0 fully saturated rings. The third kappa shape index (κ3) is 2.79. The van der Waals surface area contributed by atoms with E-state index in [1.807, 2.05) is 19.9 Å². The largest absolute Gasteiger partial charge is 0.340 e. The molecule has 0 unspecified atom stereocenters. The van der Waals surface area contributed by atoms with Crippen molar-refractivity contribution in [2.45, 2.75) is 20.4 Å². The lowest BCUT2D eigenvalue weighted by Crippen LogP contribution is -2.28. The number of nitrogens with one attached hydrogen (secondary N) is 1. The topological polar surface area (TPSA) is 79.2 Å². The Hall–Kier alpha value is -3.29. The molecule has 0 radical (unpaired) electrons. The van der Waals surface area contributed by atoms with Gasteiger partial charge in [0, 0.05) is 18.8 Å². The zero-order chi connectivity index (χ0) is 18.4. The number of aryl methyl sites for hydroxylation is 2. The SMILES string of the molecule is Cc1cc2nc(C(=O)N(C)Cc3nc4ccc(F)cc4[nH]3)cc(C)n2n1. The Labute approximate surface area is 148 Å². The lowest BCUT2D eigenvalue weighted by atomic mass is 10.3. The number of rotatable bonds is 3. The standard InChI is InChI=1S/C18H17FN6O/c1-10-6-17-22-15(7-11(2)25(17)23-10)18(26)24(3)9-16-20-13-5-4-12(19)8-14(13)21-16/h4-8H,9H2,1-3H3,(H,20,21). The molecule has 0 bridgehead atoms. The fourth-order valence-electron chi connectivity index (χ4n) is 2.95. The van der Waals surface area contributed by atoms with E-state index in [0.29, 0.717) is 28.2 Å². The fraction of sp³-hybridized carbons (Fsp3) is 0.222. The molecule has 4 rings (SSSR count). The smallest absolute Gasteiger partial charge is 0.272 e. The summed E-state index contributed by atoms with van der Waals surface area (Å²) in [7, 11) is 1.68. The Morgan fingerprint density at radius 1 is 1.23 bits per heavy atom. The van der Waals surface area contributed by atoms with Crippen molar-refractivity contribution in [3.63, 3.8) is 0 Å². The summed E-state index contributed by atoms with van der Waals surface area (Å²) in [5.41, 5.74) is 3.92. The average Bonchev–Trinajstić information content (AvgIpc) is 3.15. The number of hydrogen-bond donors (Lipinski definition) is 1. The van der Waals surface area contributed by atoms with Crippen molar-refractivity contribution in [3.05, 3.63) is 59.1 Å². The van der Waals surface area contributed by atoms with Gasteiger partial charge in [-0.3, -0.25) is 4.79 Å². The van der Waals surface area contributed by atoms with Crippen LogP contribution in [0.3, 0.4) is 0 Å². The first kappa shape index (κ1) is 16.2. The highest BCUT2D eigenvalue weighted by molar-refractivity contribution is 5.92. The van der Waals surface area contributed by atoms with Gasteiger partial charge in [0.25, 0.3) is 5.91 Å². The van der Waals surface area contributed by atoms with E-state index in [1.54, 1.807) is 23.7 Å². The second-order valence-corrected chi connectivity index (χ2v) is 6.34. The van der Waals surface area contributed by atoms with E-state index in [9.17, 15) is 9.18 Å². The predicted octanol–water partition coefficient (Wildman–Crippen LogP) is 2.63. The van der Waals surface area contributed by atoms with E-state index in [0.717, 1.165) is 11.4 Å². The summed E-state index contributed by atoms with van der Waals surface area (Å²) < 4.78 is 15.0. The van der Waals surface area contributed by atoms with Crippen LogP contribution < -0.4 is 0 Å². The van der Waals surface area contributed by atoms with E-state index >= 15 is 0 Å². The van der Waals surface area contributed by atoms with Gasteiger partial charge in [-0.2, -0.15) is 5.10 Å². The molecule has 3 heterocycles. The molecular weight excluding hydrogens is 335 g/mol. The minimum Gasteiger partial charge on any atom is -0.340 e. The van der Waals surface area contributed by atoms with E-state index in [4.69, 9.17) is 0 Å². The van der Waals surface area contributed by atoms with E-state index < -0.39 is 0 Å². The maximum Gasteiger partial charge on any atom is 0.272 e. The Bertz CT molecular complexity index is 1150. The first-order chi connectivity index (χ1) is 12.4. The zero-order valence-electron chi connectivity index (χ0n) is 14.6. The van der Waals surface area contributed by atoms with Crippen LogP contribution in [0.25, 0.3) is 16.7 Å². The van der Waals surface area contributed by atoms with Crippen molar-refractivity contribution < 1.29 is 9.18 Å². The molecule has 0 aliphatic carbocycles. The number of H-pyrrole nitrogens is 1. The normalized spacial score (nSPS) is 11.4. The monoisotopic (exact) mass is 352 g/mol. The van der Waals surface area contributed by atoms with Gasteiger partial charge in [-0.1, -0.05) is 0 Å². The molecule has 7 nitrogen and oxygen atoms in total. The predicted molar refractivity (Wildman–Crippen MR) is 94.3 cm³/mol. The maximum absolute atomic E-state index is 13.3. The average molecular weight is 352 g/mol. The van der Waals surface area contributed by atoms with E-state index in [1.165, 1.54) is 17.0 Å². The van der Waals surface area contributed by atoms with Gasteiger partial charge < -0.3 is 9.88 Å². The molecule has 132 valence electrons. The molecule has 26 heavy (non-hydrogen) atoms. The fourth-order valence-corrected chi connectivity index (χ4v) is 2.95. The van der Waals surface area contributed by atoms with Crippen LogP contribution >= 0.6 is 0 Å². The highest BCUT2D eigenvalue weighted by Gasteiger charge is 2.17. The van der Waals surface area contributed by atoms with Gasteiger partial charge in [0.1, 0.15) is 17.3 Å². The van der Waals surface area contributed by atoms with Crippen LogP contribution in [0.2, 0.25) is 0 Å². The molecule has 1 amide bonds. The number of amides is 1. The van der Waals surface area contributed by atoms with Gasteiger partial charge in [0.05, 0.1) is 23.3 Å². The van der Waals surface area contributed by atoms with Crippen LogP contribution in [0, 0.1) is 19.7 Å². The second kappa shape index (κ2) is 5.91. The van der Waals surface area contributed by atoms with Gasteiger partial charge in [0.2, 0.25) is 0 Å². The Balaban J connectivity index is 1.60. The van der Waals surface area contributed by atoms with Gasteiger partial charge in [-0.05, 0) is 38.1 Å². The molecule has 1 aromatic carbocycles. The number of aromatic amines is 1. The van der Waals surface area contributed by atoms with Crippen LogP contribution in [-0.2, 0) is 6.54 Å². The van der Waals surface area contributed by atoms with Crippen LogP contribution in [0.5, 0.6) is 0 Å². The number of carbonyl (C=O) groups is 1. The summed E-state index contributed by atoms with van der Waals surface area (Å²) in [4.78, 5) is 26.1. The maximum atomic E-state index is 13.3. The Kier molecular flexibility index (Phi) is 3.68. The van der Waals surface area contributed by atoms with Gasteiger partial charge in [0.15, 0.2) is 5.65 Å². The summed E-state index contributed by atoms with van der Waals surface area (Å²) in [6.07, 6.45) is 0. The van der Waals surface area contributed by atoms with Gasteiger partial charge in [-0.25, -0.2) is 18.9 Å². The van der Waals surface area contributed by atoms with Crippen molar-refractivity contribution in [3.8, 4) is 0 Å². The third-order valence-electron chi connectivity index (χ3n) is 4.17. The lowest BCUT2D eigenvalue weighted by Gasteiger charge is -2.15. The molecule has 0 spiro atoms. The van der Waals surface area contributed by atoms with Crippen LogP contribution in [0.1, 0.15) is 27.7 Å². The quantitative estimate of drug-likeness (QED) is 0.615. The van der Waals surface area contributed by atoms with Crippen molar-refractivity contribution in [2.24, 2.45) is 0 Å². The molecule has 4 aromatic rings. The summed E-state index contributed by atoms with van der Waals surface area (Å²) in [5.74, 6) is 0.0294. The first-order valence-electron chi connectivity index (χ1n) is 8.14. The van der Waals surface area contributed by atoms with Crippen molar-refractivity contribution in [1.29, 1.82) is 0 Å². The minimum absolute atomic E-state index is 0.221. The number of benzene rings is 1. The second-order valence-electron chi connectivity index (χ2n) is 6.34. The highest BCUT2D eigenvalue weighted by Crippen LogP contribution is 2.15. The number of carbonyl (C=O) groups excluding carboxylic acids is 1. The molecule has 0 aliphatic rings. The zero-order valence-corrected chi connectivity index (χ0v) is 14.6. The molecule has 0 saturated carbocycles. The van der Waals surface area contributed by atoms with E-state index in [2.05, 4.69) is 20.1 Å². The third-order valence-corrected chi connectivity index (χ3v) is 4.17. The summed E-state index contributed by atoms with van der Waals surface area (Å²) in [5, 5.41) is 4.34. The minimum atomic E-state index is -0.332. The van der Waals surface area contributed by atoms with Crippen LogP contribution in [0.15, 0.2) is 30.3 Å². The Morgan fingerprint density at radius 2 is 2.04 bits per heavy atom. The number of nitrogens with zero attached hydrogens (tertiary/aromatic N) is 5. The van der Waals surface area contributed by atoms with Gasteiger partial charge >= 0.3 is 0 Å². The number of fused-ring (bicyclic) bond motifs is 2. The molecule has 0 atom stereocenters. The van der Waals surface area contributed by atoms with Crippen molar-refractivity contribution >= 4 is 22.6 Å². The van der Waals surface area contributed by atoms with Crippen molar-refractivity contribution in [2.75, 3.05) is 7.05 Å². The first-order valence-corrected chi connectivity index (χ1v) is 8.14. The molecule has 1 N–H and O–H groups in total. The number of hydrogen-bond acceptors (Lipinski definition) is 4. The van der Waals surface area contributed by atoms with Crippen molar-refractivity contribution in [1.82, 2.24) is 29.5 Å². The lowest BCUT2D eigenvalue weighted by molar-refractivity contribution is 0.0776.